The molecule has 0 aliphatic heterocycles. The van der Waals surface area contributed by atoms with E-state index >= 15 is 0 Å². The highest BCUT2D eigenvalue weighted by molar-refractivity contribution is 7.99. The monoisotopic (exact) mass is 453 g/mol. The topological polar surface area (TPSA) is 85.8 Å². The van der Waals surface area contributed by atoms with Gasteiger partial charge >= 0.3 is 0 Å². The fraction of sp³-hybridized carbons (Fsp3) is 0.273. The van der Waals surface area contributed by atoms with E-state index in [2.05, 4.69) is 51.7 Å². The summed E-state index contributed by atoms with van der Waals surface area (Å²) in [5.74, 6) is 1.64. The van der Waals surface area contributed by atoms with Crippen molar-refractivity contribution in [2.75, 3.05) is 11.1 Å². The summed E-state index contributed by atoms with van der Waals surface area (Å²) in [5.41, 5.74) is 4.10. The molecule has 0 saturated carbocycles. The van der Waals surface area contributed by atoms with E-state index in [9.17, 15) is 4.79 Å². The number of aryl methyl sites for hydroxylation is 2. The van der Waals surface area contributed by atoms with Gasteiger partial charge in [-0.05, 0) is 31.9 Å². The Kier molecular flexibility index (Phi) is 6.53. The average Bonchev–Trinajstić information content (AvgIpc) is 3.51. The molecule has 0 radical (unpaired) electrons. The largest absolute Gasteiger partial charge is 0.469 e. The third kappa shape index (κ3) is 4.72. The minimum absolute atomic E-state index is 0.126. The zero-order valence-corrected chi connectivity index (χ0v) is 19.2. The Bertz CT molecular complexity index is 1180. The minimum atomic E-state index is -0.126. The molecule has 1 N–H and O–H groups in total. The number of thioether (sulfide) groups is 1. The molecule has 0 aliphatic carbocycles. The Hall–Kier alpha value is -2.91. The van der Waals surface area contributed by atoms with Gasteiger partial charge in [-0.3, -0.25) is 4.79 Å². The summed E-state index contributed by atoms with van der Waals surface area (Å²) in [7, 11) is 0. The Balaban J connectivity index is 1.38. The Morgan fingerprint density at radius 2 is 2.00 bits per heavy atom. The fourth-order valence-electron chi connectivity index (χ4n) is 3.16. The molecular weight excluding hydrogens is 430 g/mol. The Morgan fingerprint density at radius 1 is 1.19 bits per heavy atom. The SMILES string of the molecule is CCc1ccc(-c2csc(NC(=O)CSc3nnc(-c4ccoc4C)n3CC)n2)cc1. The van der Waals surface area contributed by atoms with E-state index < -0.39 is 0 Å². The number of nitrogens with one attached hydrogen (secondary N) is 1. The molecule has 9 heteroatoms. The smallest absolute Gasteiger partial charge is 0.236 e. The van der Waals surface area contributed by atoms with Crippen LogP contribution in [0.5, 0.6) is 0 Å². The van der Waals surface area contributed by atoms with Gasteiger partial charge in [0.15, 0.2) is 16.1 Å². The first-order valence-corrected chi connectivity index (χ1v) is 11.9. The molecule has 0 spiro atoms. The summed E-state index contributed by atoms with van der Waals surface area (Å²) in [5, 5.41) is 14.7. The van der Waals surface area contributed by atoms with Gasteiger partial charge in [-0.25, -0.2) is 4.98 Å². The second-order valence-electron chi connectivity index (χ2n) is 6.87. The van der Waals surface area contributed by atoms with Gasteiger partial charge < -0.3 is 14.3 Å². The second-order valence-corrected chi connectivity index (χ2v) is 8.67. The van der Waals surface area contributed by atoms with Crippen LogP contribution in [-0.4, -0.2) is 31.4 Å². The van der Waals surface area contributed by atoms with Crippen LogP contribution < -0.4 is 5.32 Å². The molecule has 3 heterocycles. The van der Waals surface area contributed by atoms with Gasteiger partial charge in [0, 0.05) is 17.5 Å². The molecule has 0 saturated heterocycles. The van der Waals surface area contributed by atoms with Gasteiger partial charge in [-0.2, -0.15) is 0 Å². The van der Waals surface area contributed by atoms with Crippen LogP contribution in [0.4, 0.5) is 5.13 Å². The van der Waals surface area contributed by atoms with Crippen molar-refractivity contribution in [3.05, 3.63) is 53.3 Å². The van der Waals surface area contributed by atoms with Gasteiger partial charge in [0.2, 0.25) is 5.91 Å². The highest BCUT2D eigenvalue weighted by atomic mass is 32.2. The fourth-order valence-corrected chi connectivity index (χ4v) is 4.70. The molecule has 0 unspecified atom stereocenters. The number of thiazole rings is 1. The van der Waals surface area contributed by atoms with E-state index in [4.69, 9.17) is 4.42 Å². The van der Waals surface area contributed by atoms with E-state index in [0.717, 1.165) is 34.8 Å². The zero-order valence-electron chi connectivity index (χ0n) is 17.6. The number of furan rings is 1. The Labute approximate surface area is 188 Å². The van der Waals surface area contributed by atoms with Crippen LogP contribution in [0.1, 0.15) is 25.2 Å². The molecule has 31 heavy (non-hydrogen) atoms. The van der Waals surface area contributed by atoms with Crippen LogP contribution in [-0.2, 0) is 17.8 Å². The third-order valence-electron chi connectivity index (χ3n) is 4.87. The molecule has 1 amide bonds. The molecule has 4 aromatic rings. The van der Waals surface area contributed by atoms with Crippen molar-refractivity contribution in [2.45, 2.75) is 38.9 Å². The van der Waals surface area contributed by atoms with Crippen molar-refractivity contribution in [1.29, 1.82) is 0 Å². The first-order valence-electron chi connectivity index (χ1n) is 10.0. The first kappa shape index (κ1) is 21.3. The van der Waals surface area contributed by atoms with E-state index in [1.807, 2.05) is 29.9 Å². The maximum atomic E-state index is 12.5. The quantitative estimate of drug-likeness (QED) is 0.365. The normalized spacial score (nSPS) is 11.1. The number of carbonyl (C=O) groups is 1. The van der Waals surface area contributed by atoms with Crippen molar-refractivity contribution >= 4 is 34.1 Å². The van der Waals surface area contributed by atoms with Crippen LogP contribution in [0.3, 0.4) is 0 Å². The molecule has 0 atom stereocenters. The van der Waals surface area contributed by atoms with Crippen molar-refractivity contribution in [3.8, 4) is 22.6 Å². The predicted octanol–water partition coefficient (Wildman–Crippen LogP) is 5.28. The predicted molar refractivity (Wildman–Crippen MR) is 124 cm³/mol. The van der Waals surface area contributed by atoms with E-state index in [-0.39, 0.29) is 11.7 Å². The molecule has 1 aromatic carbocycles. The number of benzene rings is 1. The maximum absolute atomic E-state index is 12.5. The van der Waals surface area contributed by atoms with Gasteiger partial charge in [0.05, 0.1) is 23.3 Å². The summed E-state index contributed by atoms with van der Waals surface area (Å²) in [4.78, 5) is 17.0. The van der Waals surface area contributed by atoms with Gasteiger partial charge in [-0.15, -0.1) is 21.5 Å². The average molecular weight is 454 g/mol. The summed E-state index contributed by atoms with van der Waals surface area (Å²) < 4.78 is 7.36. The van der Waals surface area contributed by atoms with Gasteiger partial charge in [0.25, 0.3) is 0 Å². The van der Waals surface area contributed by atoms with E-state index in [0.29, 0.717) is 16.8 Å². The lowest BCUT2D eigenvalue weighted by Gasteiger charge is -2.06. The van der Waals surface area contributed by atoms with Crippen molar-refractivity contribution in [2.24, 2.45) is 0 Å². The van der Waals surface area contributed by atoms with Crippen LogP contribution >= 0.6 is 23.1 Å². The number of hydrogen-bond donors (Lipinski definition) is 1. The Morgan fingerprint density at radius 3 is 2.68 bits per heavy atom. The number of rotatable bonds is 8. The van der Waals surface area contributed by atoms with Crippen molar-refractivity contribution in [3.63, 3.8) is 0 Å². The highest BCUT2D eigenvalue weighted by Gasteiger charge is 2.17. The molecule has 0 bridgehead atoms. The number of nitrogens with zero attached hydrogens (tertiary/aromatic N) is 4. The molecular formula is C22H23N5O2S2. The van der Waals surface area contributed by atoms with Crippen LogP contribution in [0.2, 0.25) is 0 Å². The summed E-state index contributed by atoms with van der Waals surface area (Å²) >= 11 is 2.77. The van der Waals surface area contributed by atoms with E-state index in [1.54, 1.807) is 6.26 Å². The molecule has 160 valence electrons. The molecule has 3 aromatic heterocycles. The number of aromatic nitrogens is 4. The molecule has 0 aliphatic rings. The second kappa shape index (κ2) is 9.49. The zero-order chi connectivity index (χ0) is 21.8. The van der Waals surface area contributed by atoms with Crippen LogP contribution in [0, 0.1) is 6.92 Å². The number of hydrogen-bond acceptors (Lipinski definition) is 7. The number of amides is 1. The van der Waals surface area contributed by atoms with Crippen LogP contribution in [0.25, 0.3) is 22.6 Å². The van der Waals surface area contributed by atoms with Crippen molar-refractivity contribution in [1.82, 2.24) is 19.7 Å². The third-order valence-corrected chi connectivity index (χ3v) is 6.60. The first-order chi connectivity index (χ1) is 15.1. The number of anilines is 1. The number of carbonyl (C=O) groups excluding carboxylic acids is 1. The molecule has 7 nitrogen and oxygen atoms in total. The maximum Gasteiger partial charge on any atom is 0.236 e. The summed E-state index contributed by atoms with van der Waals surface area (Å²) in [6, 6.07) is 10.2. The van der Waals surface area contributed by atoms with Crippen molar-refractivity contribution < 1.29 is 9.21 Å². The summed E-state index contributed by atoms with van der Waals surface area (Å²) in [6.07, 6.45) is 2.64. The van der Waals surface area contributed by atoms with E-state index in [1.165, 1.54) is 28.7 Å². The standard InChI is InChI=1S/C22H23N5O2S2/c1-4-15-6-8-16(9-7-15)18-12-30-21(23-18)24-19(28)13-31-22-26-25-20(27(22)5-2)17-10-11-29-14(17)3/h6-12H,4-5,13H2,1-3H3,(H,23,24,28). The lowest BCUT2D eigenvalue weighted by atomic mass is 10.1. The highest BCUT2D eigenvalue weighted by Crippen LogP contribution is 2.28. The lowest BCUT2D eigenvalue weighted by molar-refractivity contribution is -0.113. The lowest BCUT2D eigenvalue weighted by Crippen LogP contribution is -2.14. The summed E-state index contributed by atoms with van der Waals surface area (Å²) in [6.45, 7) is 6.75. The van der Waals surface area contributed by atoms with Gasteiger partial charge in [0.1, 0.15) is 5.76 Å². The molecule has 0 fully saturated rings. The van der Waals surface area contributed by atoms with Crippen LogP contribution in [0.15, 0.2) is 51.5 Å². The minimum Gasteiger partial charge on any atom is -0.469 e. The molecule has 4 rings (SSSR count). The van der Waals surface area contributed by atoms with Gasteiger partial charge in [-0.1, -0.05) is 43.0 Å².